The molecule has 0 atom stereocenters. The summed E-state index contributed by atoms with van der Waals surface area (Å²) in [6.45, 7) is 9.52. The third kappa shape index (κ3) is 12.3. The Balaban J connectivity index is -0.000000233. The maximum absolute atomic E-state index is 2.38. The van der Waals surface area contributed by atoms with Crippen LogP contribution in [0.2, 0.25) is 0 Å². The topological polar surface area (TPSA) is 0 Å². The normalized spacial score (nSPS) is 23.4. The Kier molecular flexibility index (Phi) is 15.1. The minimum atomic E-state index is 0. The molecule has 0 aromatic carbocycles. The second-order valence-corrected chi connectivity index (χ2v) is 7.45. The Labute approximate surface area is 143 Å². The maximum atomic E-state index is 2.38. The van der Waals surface area contributed by atoms with Crippen LogP contribution in [0.1, 0.15) is 91.9 Å². The van der Waals surface area contributed by atoms with E-state index in [0.717, 1.165) is 0 Å². The van der Waals surface area contributed by atoms with Crippen molar-refractivity contribution in [3.8, 4) is 0 Å². The average Bonchev–Trinajstić information content (AvgIpc) is 2.17. The molecule has 0 aromatic heterocycles. The molecule has 0 radical (unpaired) electrons. The zero-order valence-electron chi connectivity index (χ0n) is 14.6. The van der Waals surface area contributed by atoms with Crippen LogP contribution in [-0.2, 0) is 26.2 Å². The minimum Gasteiger partial charge on any atom is -0.358 e. The number of hydrogen-bond acceptors (Lipinski definition) is 0. The minimum absolute atomic E-state index is 0. The van der Waals surface area contributed by atoms with Crippen molar-refractivity contribution in [3.63, 3.8) is 0 Å². The SMILES string of the molecule is CC1(C)CCCCC1.CC1(C)CCCCC1.[CH3-].[CH3-].[Zr+2]. The summed E-state index contributed by atoms with van der Waals surface area (Å²) < 4.78 is 0. The zero-order chi connectivity index (χ0) is 12.1. The first-order chi connectivity index (χ1) is 7.41. The third-order valence-electron chi connectivity index (χ3n) is 4.41. The standard InChI is InChI=1S/2C8H16.2CH3.Zr/c2*1-8(2)6-4-3-5-7-8;;;/h2*3-7H2,1-2H3;2*1H3;/q;;2*-1;+2. The van der Waals surface area contributed by atoms with Crippen molar-refractivity contribution in [2.24, 2.45) is 10.8 Å². The Hall–Kier alpha value is 0.883. The molecule has 114 valence electrons. The number of rotatable bonds is 0. The quantitative estimate of drug-likeness (QED) is 0.421. The van der Waals surface area contributed by atoms with E-state index in [1.807, 2.05) is 0 Å². The third-order valence-corrected chi connectivity index (χ3v) is 4.41. The molecule has 0 saturated heterocycles. The van der Waals surface area contributed by atoms with E-state index in [4.69, 9.17) is 0 Å². The largest absolute Gasteiger partial charge is 2.00 e. The molecule has 0 bridgehead atoms. The van der Waals surface area contributed by atoms with Gasteiger partial charge in [0.05, 0.1) is 0 Å². The predicted octanol–water partition coefficient (Wildman–Crippen LogP) is 6.85. The van der Waals surface area contributed by atoms with Crippen molar-refractivity contribution in [3.05, 3.63) is 14.9 Å². The molecule has 19 heavy (non-hydrogen) atoms. The van der Waals surface area contributed by atoms with Gasteiger partial charge in [-0.05, 0) is 36.5 Å². The first kappa shape index (κ1) is 24.9. The fourth-order valence-electron chi connectivity index (χ4n) is 3.02. The van der Waals surface area contributed by atoms with E-state index in [2.05, 4.69) is 27.7 Å². The van der Waals surface area contributed by atoms with Crippen LogP contribution < -0.4 is 0 Å². The first-order valence-electron chi connectivity index (χ1n) is 7.41. The molecule has 0 unspecified atom stereocenters. The molecule has 0 spiro atoms. The van der Waals surface area contributed by atoms with E-state index in [1.54, 1.807) is 0 Å². The molecule has 1 heteroatoms. The molecule has 2 aliphatic carbocycles. The molecule has 0 heterocycles. The van der Waals surface area contributed by atoms with E-state index in [-0.39, 0.29) is 41.1 Å². The van der Waals surface area contributed by atoms with Gasteiger partial charge in [0.2, 0.25) is 0 Å². The van der Waals surface area contributed by atoms with E-state index >= 15 is 0 Å². The average molecular weight is 346 g/mol. The fourth-order valence-corrected chi connectivity index (χ4v) is 3.02. The number of hydrogen-bond donors (Lipinski definition) is 0. The summed E-state index contributed by atoms with van der Waals surface area (Å²) in [5, 5.41) is 0. The van der Waals surface area contributed by atoms with Gasteiger partial charge in [0.15, 0.2) is 0 Å². The molecule has 0 amide bonds. The Morgan fingerprint density at radius 1 is 0.474 bits per heavy atom. The van der Waals surface area contributed by atoms with Gasteiger partial charge in [-0.15, -0.1) is 0 Å². The van der Waals surface area contributed by atoms with Gasteiger partial charge in [-0.2, -0.15) is 0 Å². The molecule has 2 aliphatic rings. The van der Waals surface area contributed by atoms with E-state index in [0.29, 0.717) is 10.8 Å². The van der Waals surface area contributed by atoms with E-state index in [1.165, 1.54) is 64.2 Å². The Bertz CT molecular complexity index is 156. The van der Waals surface area contributed by atoms with Crippen LogP contribution in [-0.4, -0.2) is 0 Å². The van der Waals surface area contributed by atoms with Crippen LogP contribution in [0, 0.1) is 25.7 Å². The summed E-state index contributed by atoms with van der Waals surface area (Å²) in [4.78, 5) is 0. The Morgan fingerprint density at radius 2 is 0.684 bits per heavy atom. The van der Waals surface area contributed by atoms with E-state index in [9.17, 15) is 0 Å². The monoisotopic (exact) mass is 344 g/mol. The van der Waals surface area contributed by atoms with Crippen molar-refractivity contribution in [2.75, 3.05) is 0 Å². The van der Waals surface area contributed by atoms with Crippen LogP contribution in [0.15, 0.2) is 0 Å². The maximum Gasteiger partial charge on any atom is 2.00 e. The molecule has 0 aliphatic heterocycles. The van der Waals surface area contributed by atoms with Crippen LogP contribution >= 0.6 is 0 Å². The summed E-state index contributed by atoms with van der Waals surface area (Å²) in [6, 6.07) is 0. The molecule has 2 rings (SSSR count). The van der Waals surface area contributed by atoms with Gasteiger partial charge in [-0.1, -0.05) is 66.2 Å². The summed E-state index contributed by atoms with van der Waals surface area (Å²) in [5.41, 5.74) is 1.36. The predicted molar refractivity (Wildman–Crippen MR) is 86.6 cm³/mol. The van der Waals surface area contributed by atoms with Crippen molar-refractivity contribution >= 4 is 0 Å². The Morgan fingerprint density at radius 3 is 0.789 bits per heavy atom. The summed E-state index contributed by atoms with van der Waals surface area (Å²) in [5.74, 6) is 0. The van der Waals surface area contributed by atoms with Crippen LogP contribution in [0.4, 0.5) is 0 Å². The summed E-state index contributed by atoms with van der Waals surface area (Å²) >= 11 is 0. The van der Waals surface area contributed by atoms with E-state index < -0.39 is 0 Å². The molecular formula is C18H38Zr. The van der Waals surface area contributed by atoms with Crippen molar-refractivity contribution in [2.45, 2.75) is 91.9 Å². The van der Waals surface area contributed by atoms with Gasteiger partial charge >= 0.3 is 26.2 Å². The van der Waals surface area contributed by atoms with Crippen molar-refractivity contribution < 1.29 is 26.2 Å². The van der Waals surface area contributed by atoms with Crippen molar-refractivity contribution in [1.29, 1.82) is 0 Å². The molecule has 0 N–H and O–H groups in total. The van der Waals surface area contributed by atoms with Gasteiger partial charge in [0.1, 0.15) is 0 Å². The van der Waals surface area contributed by atoms with Crippen LogP contribution in [0.25, 0.3) is 0 Å². The van der Waals surface area contributed by atoms with Gasteiger partial charge < -0.3 is 14.9 Å². The second-order valence-electron chi connectivity index (χ2n) is 7.45. The molecule has 0 nitrogen and oxygen atoms in total. The molecule has 2 fully saturated rings. The van der Waals surface area contributed by atoms with Crippen LogP contribution in [0.5, 0.6) is 0 Å². The second kappa shape index (κ2) is 11.5. The molecule has 2 saturated carbocycles. The van der Waals surface area contributed by atoms with Gasteiger partial charge in [-0.3, -0.25) is 0 Å². The smallest absolute Gasteiger partial charge is 0.358 e. The molecule has 0 aromatic rings. The van der Waals surface area contributed by atoms with Gasteiger partial charge in [-0.25, -0.2) is 0 Å². The molecular weight excluding hydrogens is 307 g/mol. The summed E-state index contributed by atoms with van der Waals surface area (Å²) in [6.07, 6.45) is 14.6. The summed E-state index contributed by atoms with van der Waals surface area (Å²) in [7, 11) is 0. The first-order valence-corrected chi connectivity index (χ1v) is 7.41. The van der Waals surface area contributed by atoms with Gasteiger partial charge in [0, 0.05) is 0 Å². The fraction of sp³-hybridized carbons (Fsp3) is 0.889. The van der Waals surface area contributed by atoms with Crippen LogP contribution in [0.3, 0.4) is 0 Å². The van der Waals surface area contributed by atoms with Gasteiger partial charge in [0.25, 0.3) is 0 Å². The van der Waals surface area contributed by atoms with Crippen molar-refractivity contribution in [1.82, 2.24) is 0 Å². The zero-order valence-corrected chi connectivity index (χ0v) is 17.0.